The standard InChI is InChI=1S/C13H14N2S/c1-2-9-16-12-3-4-13(15-10-12)11-5-7-14-8-6-11/h3-8,10H,2,9H2,1H3. The highest BCUT2D eigenvalue weighted by Gasteiger charge is 1.98. The fourth-order valence-corrected chi connectivity index (χ4v) is 2.11. The molecule has 2 heterocycles. The van der Waals surface area contributed by atoms with E-state index in [0.717, 1.165) is 17.0 Å². The second kappa shape index (κ2) is 5.66. The predicted molar refractivity (Wildman–Crippen MR) is 68.5 cm³/mol. The molecule has 0 saturated heterocycles. The summed E-state index contributed by atoms with van der Waals surface area (Å²) in [7, 11) is 0. The fraction of sp³-hybridized carbons (Fsp3) is 0.231. The van der Waals surface area contributed by atoms with Crippen molar-refractivity contribution in [2.24, 2.45) is 0 Å². The molecule has 2 nitrogen and oxygen atoms in total. The highest BCUT2D eigenvalue weighted by Crippen LogP contribution is 2.21. The van der Waals surface area contributed by atoms with E-state index < -0.39 is 0 Å². The van der Waals surface area contributed by atoms with E-state index in [1.165, 1.54) is 11.3 Å². The maximum Gasteiger partial charge on any atom is 0.0703 e. The van der Waals surface area contributed by atoms with Crippen molar-refractivity contribution in [2.45, 2.75) is 18.2 Å². The van der Waals surface area contributed by atoms with Crippen molar-refractivity contribution in [3.8, 4) is 11.3 Å². The molecular weight excluding hydrogens is 216 g/mol. The van der Waals surface area contributed by atoms with Crippen LogP contribution < -0.4 is 0 Å². The highest BCUT2D eigenvalue weighted by molar-refractivity contribution is 7.99. The van der Waals surface area contributed by atoms with Gasteiger partial charge in [-0.05, 0) is 36.4 Å². The molecule has 0 fully saturated rings. The summed E-state index contributed by atoms with van der Waals surface area (Å²) in [5, 5.41) is 0. The third kappa shape index (κ3) is 2.83. The van der Waals surface area contributed by atoms with E-state index in [2.05, 4.69) is 29.0 Å². The average Bonchev–Trinajstić information content (AvgIpc) is 2.38. The molecule has 0 saturated carbocycles. The minimum atomic E-state index is 1.00. The predicted octanol–water partition coefficient (Wildman–Crippen LogP) is 3.65. The fourth-order valence-electron chi connectivity index (χ4n) is 1.38. The van der Waals surface area contributed by atoms with Gasteiger partial charge in [-0.2, -0.15) is 0 Å². The van der Waals surface area contributed by atoms with Gasteiger partial charge in [0.2, 0.25) is 0 Å². The largest absolute Gasteiger partial charge is 0.265 e. The van der Waals surface area contributed by atoms with Crippen LogP contribution >= 0.6 is 11.8 Å². The van der Waals surface area contributed by atoms with Crippen molar-refractivity contribution in [3.05, 3.63) is 42.9 Å². The van der Waals surface area contributed by atoms with Crippen LogP contribution in [-0.2, 0) is 0 Å². The Labute approximate surface area is 100 Å². The first-order valence-electron chi connectivity index (χ1n) is 5.39. The third-order valence-electron chi connectivity index (χ3n) is 2.19. The third-order valence-corrected chi connectivity index (χ3v) is 3.37. The van der Waals surface area contributed by atoms with Crippen molar-refractivity contribution in [3.63, 3.8) is 0 Å². The lowest BCUT2D eigenvalue weighted by Gasteiger charge is -2.02. The number of hydrogen-bond donors (Lipinski definition) is 0. The molecule has 2 rings (SSSR count). The Bertz CT molecular complexity index is 425. The molecule has 0 radical (unpaired) electrons. The zero-order valence-corrected chi connectivity index (χ0v) is 10.1. The summed E-state index contributed by atoms with van der Waals surface area (Å²) in [4.78, 5) is 9.69. The molecule has 0 amide bonds. The maximum absolute atomic E-state index is 4.45. The lowest BCUT2D eigenvalue weighted by atomic mass is 10.2. The molecule has 2 aromatic heterocycles. The van der Waals surface area contributed by atoms with Gasteiger partial charge in [0.1, 0.15) is 0 Å². The topological polar surface area (TPSA) is 25.8 Å². The number of aromatic nitrogens is 2. The summed E-state index contributed by atoms with van der Waals surface area (Å²) < 4.78 is 0. The Morgan fingerprint density at radius 2 is 1.94 bits per heavy atom. The van der Waals surface area contributed by atoms with Crippen LogP contribution in [0.5, 0.6) is 0 Å². The van der Waals surface area contributed by atoms with Crippen molar-refractivity contribution in [1.82, 2.24) is 9.97 Å². The van der Waals surface area contributed by atoms with Crippen LogP contribution in [0, 0.1) is 0 Å². The van der Waals surface area contributed by atoms with Gasteiger partial charge in [-0.15, -0.1) is 11.8 Å². The molecule has 82 valence electrons. The molecule has 16 heavy (non-hydrogen) atoms. The van der Waals surface area contributed by atoms with Gasteiger partial charge in [0.15, 0.2) is 0 Å². The number of thioether (sulfide) groups is 1. The average molecular weight is 230 g/mol. The molecular formula is C13H14N2S. The first kappa shape index (κ1) is 11.1. The molecule has 0 aliphatic rings. The van der Waals surface area contributed by atoms with Gasteiger partial charge in [-0.3, -0.25) is 9.97 Å². The quantitative estimate of drug-likeness (QED) is 0.750. The van der Waals surface area contributed by atoms with Crippen molar-refractivity contribution in [2.75, 3.05) is 5.75 Å². The Hall–Kier alpha value is -1.35. The molecule has 0 aromatic carbocycles. The Morgan fingerprint density at radius 1 is 1.12 bits per heavy atom. The first-order chi connectivity index (χ1) is 7.90. The minimum Gasteiger partial charge on any atom is -0.265 e. The number of nitrogens with zero attached hydrogens (tertiary/aromatic N) is 2. The van der Waals surface area contributed by atoms with Crippen molar-refractivity contribution in [1.29, 1.82) is 0 Å². The first-order valence-corrected chi connectivity index (χ1v) is 6.38. The van der Waals surface area contributed by atoms with Crippen LogP contribution in [0.3, 0.4) is 0 Å². The van der Waals surface area contributed by atoms with E-state index in [4.69, 9.17) is 0 Å². The molecule has 3 heteroatoms. The second-order valence-electron chi connectivity index (χ2n) is 3.46. The van der Waals surface area contributed by atoms with E-state index in [0.29, 0.717) is 0 Å². The Balaban J connectivity index is 2.13. The van der Waals surface area contributed by atoms with Gasteiger partial charge in [0.05, 0.1) is 5.69 Å². The summed E-state index contributed by atoms with van der Waals surface area (Å²) in [6.07, 6.45) is 6.71. The SMILES string of the molecule is CCCSc1ccc(-c2ccncc2)nc1. The van der Waals surface area contributed by atoms with E-state index in [1.807, 2.05) is 30.1 Å². The molecule has 0 aliphatic carbocycles. The molecule has 2 aromatic rings. The van der Waals surface area contributed by atoms with Crippen LogP contribution in [0.4, 0.5) is 0 Å². The van der Waals surface area contributed by atoms with Crippen LogP contribution in [0.25, 0.3) is 11.3 Å². The van der Waals surface area contributed by atoms with E-state index >= 15 is 0 Å². The highest BCUT2D eigenvalue weighted by atomic mass is 32.2. The van der Waals surface area contributed by atoms with Gasteiger partial charge in [-0.25, -0.2) is 0 Å². The van der Waals surface area contributed by atoms with E-state index in [9.17, 15) is 0 Å². The van der Waals surface area contributed by atoms with Gasteiger partial charge in [0, 0.05) is 29.0 Å². The van der Waals surface area contributed by atoms with Gasteiger partial charge in [-0.1, -0.05) is 6.92 Å². The Morgan fingerprint density at radius 3 is 2.56 bits per heavy atom. The number of hydrogen-bond acceptors (Lipinski definition) is 3. The lowest BCUT2D eigenvalue weighted by Crippen LogP contribution is -1.84. The van der Waals surface area contributed by atoms with Crippen molar-refractivity contribution < 1.29 is 0 Å². The smallest absolute Gasteiger partial charge is 0.0703 e. The molecule has 0 atom stereocenters. The van der Waals surface area contributed by atoms with Gasteiger partial charge < -0.3 is 0 Å². The van der Waals surface area contributed by atoms with Gasteiger partial charge in [0.25, 0.3) is 0 Å². The van der Waals surface area contributed by atoms with Crippen LogP contribution in [0.2, 0.25) is 0 Å². The summed E-state index contributed by atoms with van der Waals surface area (Å²) in [5.74, 6) is 1.15. The summed E-state index contributed by atoms with van der Waals surface area (Å²) in [6, 6.07) is 8.14. The monoisotopic (exact) mass is 230 g/mol. The van der Waals surface area contributed by atoms with E-state index in [1.54, 1.807) is 12.4 Å². The summed E-state index contributed by atoms with van der Waals surface area (Å²) >= 11 is 1.85. The second-order valence-corrected chi connectivity index (χ2v) is 4.63. The number of rotatable bonds is 4. The molecule has 0 aliphatic heterocycles. The maximum atomic E-state index is 4.45. The van der Waals surface area contributed by atoms with E-state index in [-0.39, 0.29) is 0 Å². The molecule has 0 spiro atoms. The number of pyridine rings is 2. The molecule has 0 N–H and O–H groups in total. The molecule has 0 unspecified atom stereocenters. The van der Waals surface area contributed by atoms with Gasteiger partial charge >= 0.3 is 0 Å². The van der Waals surface area contributed by atoms with Crippen LogP contribution in [-0.4, -0.2) is 15.7 Å². The minimum absolute atomic E-state index is 1.00. The normalized spacial score (nSPS) is 10.3. The van der Waals surface area contributed by atoms with Crippen molar-refractivity contribution >= 4 is 11.8 Å². The Kier molecular flexibility index (Phi) is 3.94. The zero-order chi connectivity index (χ0) is 11.2. The zero-order valence-electron chi connectivity index (χ0n) is 9.26. The van der Waals surface area contributed by atoms with Crippen LogP contribution in [0.1, 0.15) is 13.3 Å². The molecule has 0 bridgehead atoms. The van der Waals surface area contributed by atoms with Crippen LogP contribution in [0.15, 0.2) is 47.8 Å². The lowest BCUT2D eigenvalue weighted by molar-refractivity contribution is 1.10. The summed E-state index contributed by atoms with van der Waals surface area (Å²) in [5.41, 5.74) is 2.12. The summed E-state index contributed by atoms with van der Waals surface area (Å²) in [6.45, 7) is 2.19.